The number of benzene rings is 4. The number of fused-ring (bicyclic) bond motifs is 3. The van der Waals surface area contributed by atoms with Gasteiger partial charge >= 0.3 is 0 Å². The number of piperazine rings is 2. The average molecular weight is 862 g/mol. The van der Waals surface area contributed by atoms with Gasteiger partial charge in [-0.05, 0) is 135 Å². The molecule has 4 aromatic carbocycles. The van der Waals surface area contributed by atoms with Crippen molar-refractivity contribution in [2.45, 2.75) is 26.7 Å². The van der Waals surface area contributed by atoms with Crippen molar-refractivity contribution in [1.29, 1.82) is 0 Å². The number of nitrogens with two attached hydrogens (primary N) is 2. The van der Waals surface area contributed by atoms with Crippen LogP contribution in [0.3, 0.4) is 0 Å². The largest absolute Gasteiger partial charge is 0.397 e. The van der Waals surface area contributed by atoms with E-state index in [1.807, 2.05) is 37.4 Å². The Labute approximate surface area is 381 Å². The number of aliphatic imine (C=N–C) groups is 2. The molecule has 2 fully saturated rings. The van der Waals surface area contributed by atoms with Crippen LogP contribution in [0, 0.1) is 20.4 Å². The van der Waals surface area contributed by atoms with E-state index in [1.165, 1.54) is 33.6 Å². The second kappa shape index (κ2) is 18.8. The van der Waals surface area contributed by atoms with Crippen LogP contribution >= 0.6 is 0 Å². The van der Waals surface area contributed by atoms with E-state index in [-0.39, 0.29) is 0 Å². The van der Waals surface area contributed by atoms with Crippen molar-refractivity contribution < 1.29 is 0 Å². The molecule has 0 bridgehead atoms. The summed E-state index contributed by atoms with van der Waals surface area (Å²) in [5.74, 6) is 1.27. The van der Waals surface area contributed by atoms with Gasteiger partial charge in [-0.15, -0.1) is 4.98 Å². The molecule has 0 atom stereocenters. The highest BCUT2D eigenvalue weighted by molar-refractivity contribution is 6.09. The van der Waals surface area contributed by atoms with E-state index in [2.05, 4.69) is 132 Å². The Balaban J connectivity index is 0.000000142. The lowest BCUT2D eigenvalue weighted by molar-refractivity contribution is 0.313. The van der Waals surface area contributed by atoms with E-state index in [9.17, 15) is 0 Å². The van der Waals surface area contributed by atoms with E-state index >= 15 is 0 Å². The lowest BCUT2D eigenvalue weighted by atomic mass is 9.99. The number of hydrogen-bond acceptors (Lipinski definition) is 11. The van der Waals surface area contributed by atoms with E-state index in [1.54, 1.807) is 12.3 Å². The van der Waals surface area contributed by atoms with Crippen molar-refractivity contribution in [3.05, 3.63) is 154 Å². The molecular weight excluding hydrogens is 807 g/mol. The van der Waals surface area contributed by atoms with Crippen LogP contribution < -0.4 is 21.3 Å². The fourth-order valence-electron chi connectivity index (χ4n) is 8.43. The molecule has 7 heterocycles. The Hall–Kier alpha value is -7.40. The highest BCUT2D eigenvalue weighted by atomic mass is 15.3. The molecule has 0 amide bonds. The Morgan fingerprint density at radius 3 is 1.83 bits per heavy atom. The maximum absolute atomic E-state index is 6.58. The third-order valence-corrected chi connectivity index (χ3v) is 12.5. The molecule has 0 spiro atoms. The minimum atomic E-state index is 0.459. The van der Waals surface area contributed by atoms with Gasteiger partial charge in [0.05, 0.1) is 50.9 Å². The fraction of sp³-hybridized carbons (Fsp3) is 0.269. The smallest absolute Gasteiger partial charge is 0.269 e. The Morgan fingerprint density at radius 1 is 0.585 bits per heavy atom. The van der Waals surface area contributed by atoms with E-state index in [4.69, 9.17) is 28.0 Å². The zero-order valence-electron chi connectivity index (χ0n) is 37.6. The maximum Gasteiger partial charge on any atom is 0.269 e. The Bertz CT molecular complexity index is 2930. The second-order valence-corrected chi connectivity index (χ2v) is 17.4. The van der Waals surface area contributed by atoms with Gasteiger partial charge in [-0.25, -0.2) is 4.98 Å². The number of aryl methyl sites for hydroxylation is 2. The molecule has 0 radical (unpaired) electrons. The van der Waals surface area contributed by atoms with Gasteiger partial charge in [0.1, 0.15) is 12.0 Å². The number of anilines is 4. The van der Waals surface area contributed by atoms with Crippen molar-refractivity contribution in [2.75, 3.05) is 87.7 Å². The summed E-state index contributed by atoms with van der Waals surface area (Å²) >= 11 is 0. The predicted molar refractivity (Wildman–Crippen MR) is 267 cm³/mol. The minimum absolute atomic E-state index is 0.459. The zero-order valence-corrected chi connectivity index (χ0v) is 37.6. The molecule has 4 aliphatic rings. The molecule has 5 N–H and O–H groups in total. The highest BCUT2D eigenvalue weighted by Crippen LogP contribution is 2.35. The maximum atomic E-state index is 6.58. The van der Waals surface area contributed by atoms with Crippen LogP contribution in [0.4, 0.5) is 39.9 Å². The molecule has 4 aliphatic heterocycles. The van der Waals surface area contributed by atoms with Crippen LogP contribution in [0.2, 0.25) is 0 Å². The number of nitrogens with one attached hydrogen (secondary N) is 1. The SMILES string of the molecule is CN1CCN(c2ccc3nc(-c4ccc(N)c(N)c4)[nH]c3c2)CC1.Cc1ccc(C2=Nc3ccc(C4=Nc5ccc(N6CCN(C)CC6)cc5C4)cc3C2)nc1.[C-]#[N+]c1ccc(C)cn1. The Kier molecular flexibility index (Phi) is 12.4. The third kappa shape index (κ3) is 9.89. The van der Waals surface area contributed by atoms with Gasteiger partial charge < -0.3 is 40.9 Å². The summed E-state index contributed by atoms with van der Waals surface area (Å²) in [6.45, 7) is 19.3. The number of likely N-dealkylation sites (N-methyl/N-ethyl adjacent to an activating group) is 2. The van der Waals surface area contributed by atoms with Crippen LogP contribution in [-0.2, 0) is 12.8 Å². The molecule has 7 aromatic rings. The summed E-state index contributed by atoms with van der Waals surface area (Å²) in [5.41, 5.74) is 29.7. The molecule has 0 aliphatic carbocycles. The van der Waals surface area contributed by atoms with Crippen molar-refractivity contribution in [3.63, 3.8) is 0 Å². The van der Waals surface area contributed by atoms with Crippen molar-refractivity contribution in [3.8, 4) is 11.4 Å². The molecule has 328 valence electrons. The van der Waals surface area contributed by atoms with Crippen LogP contribution in [0.1, 0.15) is 33.5 Å². The first-order valence-electron chi connectivity index (χ1n) is 22.2. The first-order valence-corrected chi connectivity index (χ1v) is 22.2. The normalized spacial score (nSPS) is 15.8. The second-order valence-electron chi connectivity index (χ2n) is 17.4. The first-order chi connectivity index (χ1) is 31.5. The molecule has 13 nitrogen and oxygen atoms in total. The van der Waals surface area contributed by atoms with Crippen molar-refractivity contribution in [1.82, 2.24) is 29.7 Å². The van der Waals surface area contributed by atoms with Gasteiger partial charge in [0, 0.05) is 88.3 Å². The van der Waals surface area contributed by atoms with E-state index in [0.29, 0.717) is 17.2 Å². The van der Waals surface area contributed by atoms with Crippen LogP contribution in [0.25, 0.3) is 27.3 Å². The topological polar surface area (TPSA) is 149 Å². The van der Waals surface area contributed by atoms with Gasteiger partial charge in [0.2, 0.25) is 0 Å². The standard InChI is InChI=1S/C27H27N5.C18H22N6.C7H6N2/c1-18-3-6-25(28-17-18)27-16-20-13-19(4-7-23(20)30-27)26-15-21-14-22(5-8-24(21)29-26)32-11-9-31(2)10-12-32;1-23-6-8-24(9-7-23)13-3-5-16-17(11-13)22-18(21-16)12-2-4-14(19)15(20)10-12;1-6-3-4-7(8-2)9-5-6/h3-8,13-14,17H,9-12,15-16H2,1-2H3;2-5,10-11H,6-9,19-20H2,1H3,(H,21,22);3-5H,1H3. The fourth-order valence-corrected chi connectivity index (χ4v) is 8.43. The summed E-state index contributed by atoms with van der Waals surface area (Å²) in [6, 6.07) is 33.1. The summed E-state index contributed by atoms with van der Waals surface area (Å²) in [4.78, 5) is 39.1. The predicted octanol–water partition coefficient (Wildman–Crippen LogP) is 8.58. The Morgan fingerprint density at radius 2 is 1.18 bits per heavy atom. The number of H-pyrrole nitrogens is 1. The van der Waals surface area contributed by atoms with Gasteiger partial charge in [0.15, 0.2) is 0 Å². The zero-order chi connectivity index (χ0) is 45.0. The number of nitrogen functional groups attached to an aromatic ring is 2. The van der Waals surface area contributed by atoms with Crippen molar-refractivity contribution >= 4 is 62.4 Å². The number of aromatic nitrogens is 4. The average Bonchev–Trinajstić information content (AvgIpc) is 4.08. The molecule has 0 unspecified atom stereocenters. The lowest BCUT2D eigenvalue weighted by Gasteiger charge is -2.34. The molecule has 65 heavy (non-hydrogen) atoms. The number of pyridine rings is 2. The van der Waals surface area contributed by atoms with E-state index in [0.717, 1.165) is 122 Å². The number of rotatable bonds is 5. The van der Waals surface area contributed by atoms with E-state index < -0.39 is 0 Å². The number of imidazole rings is 1. The highest BCUT2D eigenvalue weighted by Gasteiger charge is 2.23. The van der Waals surface area contributed by atoms with Gasteiger partial charge in [-0.2, -0.15) is 0 Å². The summed E-state index contributed by atoms with van der Waals surface area (Å²) in [6.07, 6.45) is 5.32. The monoisotopic (exact) mass is 861 g/mol. The first kappa shape index (κ1) is 42.9. The van der Waals surface area contributed by atoms with Crippen LogP contribution in [0.15, 0.2) is 119 Å². The molecule has 13 heteroatoms. The molecule has 11 rings (SSSR count). The number of nitrogens with zero attached hydrogens (tertiary/aromatic N) is 10. The van der Waals surface area contributed by atoms with Gasteiger partial charge in [-0.1, -0.05) is 24.8 Å². The van der Waals surface area contributed by atoms with Gasteiger partial charge in [0.25, 0.3) is 5.82 Å². The number of aromatic amines is 1. The summed E-state index contributed by atoms with van der Waals surface area (Å²) in [7, 11) is 4.36. The lowest BCUT2D eigenvalue weighted by Crippen LogP contribution is -2.44. The van der Waals surface area contributed by atoms with Crippen molar-refractivity contribution in [2.24, 2.45) is 9.98 Å². The van der Waals surface area contributed by atoms with Crippen LogP contribution in [-0.4, -0.2) is 108 Å². The summed E-state index contributed by atoms with van der Waals surface area (Å²) in [5, 5.41) is 0. The molecule has 2 saturated heterocycles. The minimum Gasteiger partial charge on any atom is -0.397 e. The third-order valence-electron chi connectivity index (χ3n) is 12.5. The molecule has 3 aromatic heterocycles. The number of hydrogen-bond donors (Lipinski definition) is 3. The molecular formula is C52H55N13. The summed E-state index contributed by atoms with van der Waals surface area (Å²) < 4.78 is 0. The van der Waals surface area contributed by atoms with Gasteiger partial charge in [-0.3, -0.25) is 15.0 Å². The molecule has 0 saturated carbocycles. The quantitative estimate of drug-likeness (QED) is 0.114. The van der Waals surface area contributed by atoms with Crippen LogP contribution in [0.5, 0.6) is 0 Å².